The average Bonchev–Trinajstić information content (AvgIpc) is 3.37. The minimum atomic E-state index is 0.0609. The highest BCUT2D eigenvalue weighted by atomic mass is 35.5. The van der Waals surface area contributed by atoms with Crippen molar-refractivity contribution in [3.05, 3.63) is 40.9 Å². The van der Waals surface area contributed by atoms with Crippen molar-refractivity contribution >= 4 is 51.8 Å². The number of likely N-dealkylation sites (tertiary alicyclic amines) is 1. The molecule has 2 atom stereocenters. The van der Waals surface area contributed by atoms with Crippen LogP contribution >= 0.6 is 23.2 Å². The van der Waals surface area contributed by atoms with Gasteiger partial charge in [-0.1, -0.05) is 23.2 Å². The molecule has 30 heavy (non-hydrogen) atoms. The molecule has 2 aliphatic heterocycles. The van der Waals surface area contributed by atoms with Gasteiger partial charge in [-0.15, -0.1) is 0 Å². The summed E-state index contributed by atoms with van der Waals surface area (Å²) >= 11 is 12.1. The van der Waals surface area contributed by atoms with E-state index in [-0.39, 0.29) is 18.5 Å². The first-order valence-corrected chi connectivity index (χ1v) is 10.7. The molecular formula is C20H21Cl2N7O. The van der Waals surface area contributed by atoms with Gasteiger partial charge >= 0.3 is 0 Å². The van der Waals surface area contributed by atoms with Gasteiger partial charge in [0, 0.05) is 35.4 Å². The molecule has 5 rings (SSSR count). The third kappa shape index (κ3) is 3.65. The van der Waals surface area contributed by atoms with Crippen molar-refractivity contribution in [1.29, 1.82) is 0 Å². The Kier molecular flexibility index (Phi) is 5.12. The molecular weight excluding hydrogens is 425 g/mol. The highest BCUT2D eigenvalue weighted by molar-refractivity contribution is 6.35. The van der Waals surface area contributed by atoms with Crippen molar-refractivity contribution < 1.29 is 4.79 Å². The third-order valence-electron chi connectivity index (χ3n) is 6.00. The number of fused-ring (bicyclic) bond motifs is 2. The smallest absolute Gasteiger partial charge is 0.241 e. The normalized spacial score (nSPS) is 21.1. The number of nitrogens with zero attached hydrogens (tertiary/aromatic N) is 5. The molecule has 10 heteroatoms. The minimum absolute atomic E-state index is 0.0609. The predicted molar refractivity (Wildman–Crippen MR) is 117 cm³/mol. The molecule has 2 saturated heterocycles. The van der Waals surface area contributed by atoms with Crippen LogP contribution in [0, 0.1) is 5.92 Å². The standard InChI is InChI=1S/C20H21Cl2N7O/c21-13-5-14(22)7-15(6-13)23-8-17(30)28-3-1-12-2-4-29(16(12)9-28)20-18-19(25-10-24-18)26-11-27-20/h5-7,10-12,16,23H,1-4,8-9H2,(H,24,25,26,27). The minimum Gasteiger partial charge on any atom is -0.376 e. The van der Waals surface area contributed by atoms with Crippen LogP contribution in [0.5, 0.6) is 0 Å². The quantitative estimate of drug-likeness (QED) is 0.640. The Bertz CT molecular complexity index is 1070. The van der Waals surface area contributed by atoms with E-state index < -0.39 is 0 Å². The number of H-pyrrole nitrogens is 1. The van der Waals surface area contributed by atoms with Gasteiger partial charge in [0.1, 0.15) is 11.8 Å². The second-order valence-electron chi connectivity index (χ2n) is 7.75. The molecule has 0 radical (unpaired) electrons. The Balaban J connectivity index is 1.28. The SMILES string of the molecule is O=C(CNc1cc(Cl)cc(Cl)c1)N1CCC2CCN(c3ncnc4nc[nH]c34)C2C1. The molecule has 4 heterocycles. The van der Waals surface area contributed by atoms with Crippen LogP contribution in [-0.2, 0) is 4.79 Å². The maximum Gasteiger partial charge on any atom is 0.241 e. The van der Waals surface area contributed by atoms with E-state index in [0.29, 0.717) is 28.2 Å². The Hall–Kier alpha value is -2.58. The zero-order chi connectivity index (χ0) is 20.7. The van der Waals surface area contributed by atoms with Crippen molar-refractivity contribution in [2.75, 3.05) is 36.4 Å². The highest BCUT2D eigenvalue weighted by Gasteiger charge is 2.40. The van der Waals surface area contributed by atoms with Crippen LogP contribution in [0.2, 0.25) is 10.0 Å². The Morgan fingerprint density at radius 3 is 2.77 bits per heavy atom. The monoisotopic (exact) mass is 445 g/mol. The average molecular weight is 446 g/mol. The molecule has 0 aliphatic carbocycles. The summed E-state index contributed by atoms with van der Waals surface area (Å²) in [4.78, 5) is 33.2. The van der Waals surface area contributed by atoms with Gasteiger partial charge in [-0.05, 0) is 37.0 Å². The molecule has 3 aromatic rings. The van der Waals surface area contributed by atoms with E-state index in [1.807, 2.05) is 4.90 Å². The first-order valence-electron chi connectivity index (χ1n) is 9.97. The van der Waals surface area contributed by atoms with Crippen LogP contribution in [0.4, 0.5) is 11.5 Å². The largest absolute Gasteiger partial charge is 0.376 e. The van der Waals surface area contributed by atoms with Gasteiger partial charge in [-0.25, -0.2) is 15.0 Å². The van der Waals surface area contributed by atoms with Gasteiger partial charge in [-0.3, -0.25) is 4.79 Å². The fraction of sp³-hybridized carbons (Fsp3) is 0.400. The van der Waals surface area contributed by atoms with Crippen LogP contribution in [0.25, 0.3) is 11.2 Å². The van der Waals surface area contributed by atoms with Crippen LogP contribution in [0.3, 0.4) is 0 Å². The van der Waals surface area contributed by atoms with Gasteiger partial charge in [-0.2, -0.15) is 0 Å². The number of halogens is 2. The molecule has 2 aromatic heterocycles. The van der Waals surface area contributed by atoms with Gasteiger partial charge in [0.15, 0.2) is 11.5 Å². The summed E-state index contributed by atoms with van der Waals surface area (Å²) in [5, 5.41) is 4.21. The molecule has 2 unspecified atom stereocenters. The first kappa shape index (κ1) is 19.4. The van der Waals surface area contributed by atoms with Crippen LogP contribution in [-0.4, -0.2) is 63.0 Å². The molecule has 156 valence electrons. The highest BCUT2D eigenvalue weighted by Crippen LogP contribution is 2.36. The summed E-state index contributed by atoms with van der Waals surface area (Å²) in [6.45, 7) is 2.57. The summed E-state index contributed by atoms with van der Waals surface area (Å²) in [5.74, 6) is 1.48. The van der Waals surface area contributed by atoms with Crippen LogP contribution < -0.4 is 10.2 Å². The number of nitrogens with one attached hydrogen (secondary N) is 2. The van der Waals surface area contributed by atoms with E-state index in [4.69, 9.17) is 23.2 Å². The van der Waals surface area contributed by atoms with Gasteiger partial charge < -0.3 is 20.1 Å². The number of rotatable bonds is 4. The summed E-state index contributed by atoms with van der Waals surface area (Å²) in [6, 6.07) is 5.43. The Morgan fingerprint density at radius 1 is 1.13 bits per heavy atom. The lowest BCUT2D eigenvalue weighted by molar-refractivity contribution is -0.130. The van der Waals surface area contributed by atoms with Gasteiger partial charge in [0.05, 0.1) is 18.9 Å². The number of piperidine rings is 1. The molecule has 0 bridgehead atoms. The molecule has 0 saturated carbocycles. The van der Waals surface area contributed by atoms with Crippen molar-refractivity contribution in [2.24, 2.45) is 5.92 Å². The fourth-order valence-corrected chi connectivity index (χ4v) is 5.07. The number of aromatic nitrogens is 4. The number of carbonyl (C=O) groups excluding carboxylic acids is 1. The maximum atomic E-state index is 12.9. The number of hydrogen-bond donors (Lipinski definition) is 2. The number of amides is 1. The Morgan fingerprint density at radius 2 is 1.93 bits per heavy atom. The van der Waals surface area contributed by atoms with Crippen molar-refractivity contribution in [3.8, 4) is 0 Å². The van der Waals surface area contributed by atoms with Gasteiger partial charge in [0.2, 0.25) is 5.91 Å². The third-order valence-corrected chi connectivity index (χ3v) is 6.43. The number of aromatic amines is 1. The summed E-state index contributed by atoms with van der Waals surface area (Å²) in [6.07, 6.45) is 5.29. The van der Waals surface area contributed by atoms with E-state index in [2.05, 4.69) is 30.2 Å². The lowest BCUT2D eigenvalue weighted by Crippen LogP contribution is -2.51. The number of benzene rings is 1. The maximum absolute atomic E-state index is 12.9. The molecule has 8 nitrogen and oxygen atoms in total. The van der Waals surface area contributed by atoms with E-state index in [9.17, 15) is 4.79 Å². The number of carbonyl (C=O) groups is 1. The van der Waals surface area contributed by atoms with Gasteiger partial charge in [0.25, 0.3) is 0 Å². The Labute approximate surface area is 183 Å². The number of imidazole rings is 1. The topological polar surface area (TPSA) is 90.0 Å². The zero-order valence-electron chi connectivity index (χ0n) is 16.2. The van der Waals surface area contributed by atoms with E-state index >= 15 is 0 Å². The predicted octanol–water partition coefficient (Wildman–Crippen LogP) is 3.20. The summed E-state index contributed by atoms with van der Waals surface area (Å²) in [7, 11) is 0. The number of hydrogen-bond acceptors (Lipinski definition) is 6. The molecule has 2 aliphatic rings. The van der Waals surface area contributed by atoms with Crippen LogP contribution in [0.15, 0.2) is 30.9 Å². The molecule has 1 aromatic carbocycles. The summed E-state index contributed by atoms with van der Waals surface area (Å²) < 4.78 is 0. The summed E-state index contributed by atoms with van der Waals surface area (Å²) in [5.41, 5.74) is 2.25. The van der Waals surface area contributed by atoms with Crippen LogP contribution in [0.1, 0.15) is 12.8 Å². The molecule has 2 N–H and O–H groups in total. The van der Waals surface area contributed by atoms with Crippen molar-refractivity contribution in [2.45, 2.75) is 18.9 Å². The fourth-order valence-electron chi connectivity index (χ4n) is 4.55. The number of anilines is 2. The molecule has 0 spiro atoms. The first-order chi connectivity index (χ1) is 14.6. The van der Waals surface area contributed by atoms with E-state index in [1.54, 1.807) is 30.9 Å². The second-order valence-corrected chi connectivity index (χ2v) is 8.62. The van der Waals surface area contributed by atoms with E-state index in [1.165, 1.54) is 0 Å². The molecule has 1 amide bonds. The van der Waals surface area contributed by atoms with Crippen molar-refractivity contribution in [1.82, 2.24) is 24.8 Å². The lowest BCUT2D eigenvalue weighted by Gasteiger charge is -2.39. The lowest BCUT2D eigenvalue weighted by atomic mass is 9.92. The van der Waals surface area contributed by atoms with E-state index in [0.717, 1.165) is 43.0 Å². The zero-order valence-corrected chi connectivity index (χ0v) is 17.7. The molecule has 2 fully saturated rings. The van der Waals surface area contributed by atoms with Crippen molar-refractivity contribution in [3.63, 3.8) is 0 Å². The second kappa shape index (κ2) is 7.92.